The lowest BCUT2D eigenvalue weighted by Crippen LogP contribution is -2.12. The lowest BCUT2D eigenvalue weighted by molar-refractivity contribution is 0.103. The molecule has 0 aliphatic carbocycles. The van der Waals surface area contributed by atoms with Gasteiger partial charge in [0.05, 0.1) is 5.56 Å². The Hall–Kier alpha value is -1.65. The first-order valence-electron chi connectivity index (χ1n) is 8.93. The molecule has 0 spiro atoms. The fourth-order valence-corrected chi connectivity index (χ4v) is 3.68. The molecule has 1 aromatic heterocycles. The van der Waals surface area contributed by atoms with Crippen molar-refractivity contribution in [2.24, 2.45) is 0 Å². The number of hydrogen-bond acceptors (Lipinski definition) is 4. The molecule has 0 radical (unpaired) electrons. The summed E-state index contributed by atoms with van der Waals surface area (Å²) < 4.78 is 0. The first-order chi connectivity index (χ1) is 12.1. The van der Waals surface area contributed by atoms with Crippen LogP contribution in [0.3, 0.4) is 0 Å². The highest BCUT2D eigenvalue weighted by Crippen LogP contribution is 2.25. The highest BCUT2D eigenvalue weighted by molar-refractivity contribution is 7.99. The van der Waals surface area contributed by atoms with Crippen LogP contribution in [0.25, 0.3) is 0 Å². The average Bonchev–Trinajstić information content (AvgIpc) is 2.61. The number of thioether (sulfide) groups is 1. The van der Waals surface area contributed by atoms with Crippen molar-refractivity contribution in [3.05, 3.63) is 59.3 Å². The minimum Gasteiger partial charge on any atom is -0.309 e. The first kappa shape index (κ1) is 19.7. The van der Waals surface area contributed by atoms with Crippen LogP contribution in [-0.2, 0) is 0 Å². The zero-order chi connectivity index (χ0) is 18.1. The number of carbonyl (C=O) groups excluding carboxylic acids is 1. The van der Waals surface area contributed by atoms with Gasteiger partial charge >= 0.3 is 0 Å². The molecule has 0 fully saturated rings. The summed E-state index contributed by atoms with van der Waals surface area (Å²) in [6, 6.07) is 13.3. The Kier molecular flexibility index (Phi) is 8.16. The van der Waals surface area contributed by atoms with Crippen LogP contribution in [0.5, 0.6) is 0 Å². The predicted octanol–water partition coefficient (Wildman–Crippen LogP) is 4.84. The van der Waals surface area contributed by atoms with Crippen molar-refractivity contribution >= 4 is 17.5 Å². The van der Waals surface area contributed by atoms with Gasteiger partial charge in [-0.1, -0.05) is 43.2 Å². The smallest absolute Gasteiger partial charge is 0.195 e. The maximum atomic E-state index is 12.8. The van der Waals surface area contributed by atoms with Gasteiger partial charge in [0.25, 0.3) is 0 Å². The molecule has 0 saturated carbocycles. The molecule has 134 valence electrons. The minimum absolute atomic E-state index is 0.0570. The Morgan fingerprint density at radius 1 is 1.00 bits per heavy atom. The summed E-state index contributed by atoms with van der Waals surface area (Å²) in [5.41, 5.74) is 2.39. The maximum absolute atomic E-state index is 12.8. The molecule has 0 saturated heterocycles. The van der Waals surface area contributed by atoms with E-state index >= 15 is 0 Å². The molecular weight excluding hydrogens is 328 g/mol. The number of pyridine rings is 1. The van der Waals surface area contributed by atoms with E-state index in [-0.39, 0.29) is 5.78 Å². The van der Waals surface area contributed by atoms with E-state index < -0.39 is 0 Å². The molecule has 4 heteroatoms. The molecule has 2 rings (SSSR count). The Bertz CT molecular complexity index is 671. The molecule has 0 aliphatic rings. The van der Waals surface area contributed by atoms with Crippen LogP contribution in [0.4, 0.5) is 0 Å². The highest BCUT2D eigenvalue weighted by Gasteiger charge is 2.15. The van der Waals surface area contributed by atoms with Gasteiger partial charge in [-0.25, -0.2) is 4.98 Å². The van der Waals surface area contributed by atoms with Crippen molar-refractivity contribution in [3.8, 4) is 0 Å². The lowest BCUT2D eigenvalue weighted by Gasteiger charge is -2.10. The number of ketones is 1. The quantitative estimate of drug-likeness (QED) is 0.347. The van der Waals surface area contributed by atoms with Gasteiger partial charge < -0.3 is 4.90 Å². The third-order valence-corrected chi connectivity index (χ3v) is 5.10. The second-order valence-electron chi connectivity index (χ2n) is 6.57. The third-order valence-electron chi connectivity index (χ3n) is 4.02. The number of nitrogens with zero attached hydrogens (tertiary/aromatic N) is 2. The van der Waals surface area contributed by atoms with Crippen molar-refractivity contribution in [1.29, 1.82) is 0 Å². The molecule has 25 heavy (non-hydrogen) atoms. The molecule has 3 nitrogen and oxygen atoms in total. The van der Waals surface area contributed by atoms with Gasteiger partial charge in [-0.3, -0.25) is 4.79 Å². The molecule has 0 atom stereocenters. The summed E-state index contributed by atoms with van der Waals surface area (Å²) in [4.78, 5) is 19.6. The molecular formula is C21H28N2OS. The van der Waals surface area contributed by atoms with Crippen molar-refractivity contribution < 1.29 is 4.79 Å². The molecule has 1 aromatic carbocycles. The topological polar surface area (TPSA) is 33.2 Å². The predicted molar refractivity (Wildman–Crippen MR) is 107 cm³/mol. The molecule has 0 N–H and O–H groups in total. The van der Waals surface area contributed by atoms with Crippen LogP contribution in [0.15, 0.2) is 47.5 Å². The van der Waals surface area contributed by atoms with Gasteiger partial charge in [0.2, 0.25) is 0 Å². The van der Waals surface area contributed by atoms with E-state index in [0.717, 1.165) is 40.6 Å². The number of aryl methyl sites for hydroxylation is 1. The van der Waals surface area contributed by atoms with Crippen LogP contribution in [0.1, 0.15) is 47.3 Å². The van der Waals surface area contributed by atoms with Crippen molar-refractivity contribution in [2.75, 3.05) is 26.4 Å². The summed E-state index contributed by atoms with van der Waals surface area (Å²) >= 11 is 1.71. The largest absolute Gasteiger partial charge is 0.309 e. The zero-order valence-electron chi connectivity index (χ0n) is 15.5. The normalized spacial score (nSPS) is 11.0. The SMILES string of the molecule is Cc1ccc(C(=O)c2ccccc2)c(SCCCCCCN(C)C)n1. The summed E-state index contributed by atoms with van der Waals surface area (Å²) in [6.45, 7) is 3.13. The average molecular weight is 357 g/mol. The van der Waals surface area contributed by atoms with E-state index in [0.29, 0.717) is 0 Å². The Morgan fingerprint density at radius 3 is 2.44 bits per heavy atom. The lowest BCUT2D eigenvalue weighted by atomic mass is 10.1. The van der Waals surface area contributed by atoms with Gasteiger partial charge in [0, 0.05) is 11.3 Å². The van der Waals surface area contributed by atoms with E-state index in [4.69, 9.17) is 0 Å². The Morgan fingerprint density at radius 2 is 1.72 bits per heavy atom. The number of carbonyl (C=O) groups is 1. The van der Waals surface area contributed by atoms with Gasteiger partial charge in [0.1, 0.15) is 5.03 Å². The number of unbranched alkanes of at least 4 members (excludes halogenated alkanes) is 3. The van der Waals surface area contributed by atoms with Crippen LogP contribution in [0, 0.1) is 6.92 Å². The van der Waals surface area contributed by atoms with Crippen LogP contribution in [-0.4, -0.2) is 42.1 Å². The number of hydrogen-bond donors (Lipinski definition) is 0. The van der Waals surface area contributed by atoms with E-state index in [1.807, 2.05) is 49.4 Å². The molecule has 0 bridgehead atoms. The molecule has 0 unspecified atom stereocenters. The van der Waals surface area contributed by atoms with Gasteiger partial charge in [-0.2, -0.15) is 0 Å². The standard InChI is InChI=1S/C21H28N2OS/c1-17-13-14-19(20(24)18-11-7-6-8-12-18)21(22-17)25-16-10-5-4-9-15-23(2)3/h6-8,11-14H,4-5,9-10,15-16H2,1-3H3. The molecule has 2 aromatic rings. The molecule has 0 amide bonds. The van der Waals surface area contributed by atoms with Crippen molar-refractivity contribution in [3.63, 3.8) is 0 Å². The molecule has 0 aliphatic heterocycles. The van der Waals surface area contributed by atoms with Crippen molar-refractivity contribution in [2.45, 2.75) is 37.6 Å². The van der Waals surface area contributed by atoms with Gasteiger partial charge in [-0.05, 0) is 58.3 Å². The van der Waals surface area contributed by atoms with Crippen molar-refractivity contribution in [1.82, 2.24) is 9.88 Å². The molecule has 1 heterocycles. The monoisotopic (exact) mass is 356 g/mol. The van der Waals surface area contributed by atoms with E-state index in [2.05, 4.69) is 24.0 Å². The first-order valence-corrected chi connectivity index (χ1v) is 9.91. The Labute approximate surface area is 155 Å². The van der Waals surface area contributed by atoms with E-state index in [9.17, 15) is 4.79 Å². The minimum atomic E-state index is 0.0570. The second-order valence-corrected chi connectivity index (χ2v) is 7.65. The van der Waals surface area contributed by atoms with E-state index in [1.165, 1.54) is 19.3 Å². The third kappa shape index (κ3) is 6.63. The maximum Gasteiger partial charge on any atom is 0.195 e. The fourth-order valence-electron chi connectivity index (χ4n) is 2.61. The zero-order valence-corrected chi connectivity index (χ0v) is 16.3. The summed E-state index contributed by atoms with van der Waals surface area (Å²) in [7, 11) is 4.23. The number of benzene rings is 1. The highest BCUT2D eigenvalue weighted by atomic mass is 32.2. The fraction of sp³-hybridized carbons (Fsp3) is 0.429. The van der Waals surface area contributed by atoms with Crippen LogP contribution < -0.4 is 0 Å². The van der Waals surface area contributed by atoms with Gasteiger partial charge in [-0.15, -0.1) is 11.8 Å². The summed E-state index contributed by atoms with van der Waals surface area (Å²) in [6.07, 6.45) is 4.90. The Balaban J connectivity index is 1.92. The number of rotatable bonds is 10. The summed E-state index contributed by atoms with van der Waals surface area (Å²) in [5.74, 6) is 1.06. The van der Waals surface area contributed by atoms with Crippen LogP contribution in [0.2, 0.25) is 0 Å². The summed E-state index contributed by atoms with van der Waals surface area (Å²) in [5, 5.41) is 0.863. The van der Waals surface area contributed by atoms with Crippen LogP contribution >= 0.6 is 11.8 Å². The number of aromatic nitrogens is 1. The van der Waals surface area contributed by atoms with Gasteiger partial charge in [0.15, 0.2) is 5.78 Å². The van der Waals surface area contributed by atoms with E-state index in [1.54, 1.807) is 11.8 Å². The second kappa shape index (κ2) is 10.4.